The SMILES string of the molecule is O=C1OCC[C@H]1NCC1(c2ccc3c(c2)OCO3)CCCCC1. The topological polar surface area (TPSA) is 56.8 Å². The van der Waals surface area contributed by atoms with Crippen LogP contribution in [0.4, 0.5) is 0 Å². The summed E-state index contributed by atoms with van der Waals surface area (Å²) in [6.07, 6.45) is 6.80. The van der Waals surface area contributed by atoms with E-state index in [4.69, 9.17) is 14.2 Å². The zero-order valence-electron chi connectivity index (χ0n) is 13.3. The van der Waals surface area contributed by atoms with Gasteiger partial charge in [0.2, 0.25) is 6.79 Å². The monoisotopic (exact) mass is 317 g/mol. The number of esters is 1. The lowest BCUT2D eigenvalue weighted by Crippen LogP contribution is -2.45. The molecule has 3 aliphatic rings. The molecule has 0 radical (unpaired) electrons. The van der Waals surface area contributed by atoms with Crippen LogP contribution in [0.5, 0.6) is 11.5 Å². The summed E-state index contributed by atoms with van der Waals surface area (Å²) >= 11 is 0. The third-order valence-corrected chi connectivity index (χ3v) is 5.42. The molecular weight excluding hydrogens is 294 g/mol. The Morgan fingerprint density at radius 3 is 2.70 bits per heavy atom. The van der Waals surface area contributed by atoms with Gasteiger partial charge in [-0.05, 0) is 30.5 Å². The molecule has 124 valence electrons. The minimum absolute atomic E-state index is 0.0715. The molecule has 1 saturated carbocycles. The summed E-state index contributed by atoms with van der Waals surface area (Å²) in [5, 5.41) is 3.46. The molecule has 4 rings (SSSR count). The van der Waals surface area contributed by atoms with Gasteiger partial charge in [-0.3, -0.25) is 4.79 Å². The van der Waals surface area contributed by atoms with Crippen molar-refractivity contribution in [2.75, 3.05) is 19.9 Å². The highest BCUT2D eigenvalue weighted by Gasteiger charge is 2.37. The number of carbonyl (C=O) groups excluding carboxylic acids is 1. The maximum Gasteiger partial charge on any atom is 0.323 e. The molecular formula is C18H23NO4. The summed E-state index contributed by atoms with van der Waals surface area (Å²) in [4.78, 5) is 11.7. The molecule has 2 fully saturated rings. The standard InChI is InChI=1S/C18H23NO4/c20-17-14(6-9-21-17)19-11-18(7-2-1-3-8-18)13-4-5-15-16(10-13)23-12-22-15/h4-5,10,14,19H,1-3,6-9,11-12H2/t14-/m1/s1. The Hall–Kier alpha value is -1.75. The number of carbonyl (C=O) groups is 1. The van der Waals surface area contributed by atoms with Gasteiger partial charge in [0.25, 0.3) is 0 Å². The molecule has 0 amide bonds. The Labute approximate surface area is 136 Å². The molecule has 1 aliphatic carbocycles. The smallest absolute Gasteiger partial charge is 0.323 e. The van der Waals surface area contributed by atoms with E-state index in [0.29, 0.717) is 13.4 Å². The molecule has 5 nitrogen and oxygen atoms in total. The van der Waals surface area contributed by atoms with E-state index in [-0.39, 0.29) is 17.4 Å². The second-order valence-corrected chi connectivity index (χ2v) is 6.80. The van der Waals surface area contributed by atoms with Crippen molar-refractivity contribution in [1.29, 1.82) is 0 Å². The van der Waals surface area contributed by atoms with Crippen molar-refractivity contribution >= 4 is 5.97 Å². The fourth-order valence-electron chi connectivity index (χ4n) is 4.02. The normalized spacial score (nSPS) is 25.4. The van der Waals surface area contributed by atoms with Gasteiger partial charge in [0, 0.05) is 18.4 Å². The summed E-state index contributed by atoms with van der Waals surface area (Å²) in [6, 6.07) is 6.15. The summed E-state index contributed by atoms with van der Waals surface area (Å²) in [6.45, 7) is 1.65. The van der Waals surface area contributed by atoms with E-state index in [1.165, 1.54) is 24.8 Å². The zero-order valence-corrected chi connectivity index (χ0v) is 13.3. The molecule has 1 aromatic rings. The third-order valence-electron chi connectivity index (χ3n) is 5.42. The summed E-state index contributed by atoms with van der Waals surface area (Å²) in [5.74, 6) is 1.56. The van der Waals surface area contributed by atoms with E-state index in [1.807, 2.05) is 6.07 Å². The van der Waals surface area contributed by atoms with Gasteiger partial charge in [0.1, 0.15) is 6.04 Å². The minimum Gasteiger partial charge on any atom is -0.464 e. The lowest BCUT2D eigenvalue weighted by Gasteiger charge is -2.38. The van der Waals surface area contributed by atoms with Crippen LogP contribution < -0.4 is 14.8 Å². The fourth-order valence-corrected chi connectivity index (χ4v) is 4.02. The van der Waals surface area contributed by atoms with E-state index in [9.17, 15) is 4.79 Å². The molecule has 0 spiro atoms. The van der Waals surface area contributed by atoms with Crippen LogP contribution in [0.2, 0.25) is 0 Å². The Bertz CT molecular complexity index is 595. The first-order valence-corrected chi connectivity index (χ1v) is 8.57. The van der Waals surface area contributed by atoms with Crippen molar-refractivity contribution in [2.24, 2.45) is 0 Å². The van der Waals surface area contributed by atoms with E-state index in [2.05, 4.69) is 17.4 Å². The average Bonchev–Trinajstić information content (AvgIpc) is 3.21. The van der Waals surface area contributed by atoms with Crippen LogP contribution in [0.25, 0.3) is 0 Å². The minimum atomic E-state index is -0.150. The van der Waals surface area contributed by atoms with Gasteiger partial charge in [-0.1, -0.05) is 25.3 Å². The largest absolute Gasteiger partial charge is 0.464 e. The highest BCUT2D eigenvalue weighted by Crippen LogP contribution is 2.43. The molecule has 5 heteroatoms. The molecule has 1 aromatic carbocycles. The predicted molar refractivity (Wildman–Crippen MR) is 84.7 cm³/mol. The highest BCUT2D eigenvalue weighted by atomic mass is 16.7. The molecule has 0 unspecified atom stereocenters. The first kappa shape index (κ1) is 14.8. The first-order chi connectivity index (χ1) is 11.3. The van der Waals surface area contributed by atoms with Crippen molar-refractivity contribution in [3.05, 3.63) is 23.8 Å². The maximum atomic E-state index is 11.7. The summed E-state index contributed by atoms with van der Waals surface area (Å²) in [7, 11) is 0. The number of fused-ring (bicyclic) bond motifs is 1. The van der Waals surface area contributed by atoms with E-state index in [1.54, 1.807) is 0 Å². The molecule has 1 N–H and O–H groups in total. The second kappa shape index (κ2) is 6.04. The van der Waals surface area contributed by atoms with Crippen LogP contribution in [0.1, 0.15) is 44.1 Å². The molecule has 1 atom stereocenters. The molecule has 0 bridgehead atoms. The molecule has 1 saturated heterocycles. The van der Waals surface area contributed by atoms with Gasteiger partial charge >= 0.3 is 5.97 Å². The lowest BCUT2D eigenvalue weighted by molar-refractivity contribution is -0.139. The summed E-state index contributed by atoms with van der Waals surface area (Å²) in [5.41, 5.74) is 1.36. The first-order valence-electron chi connectivity index (χ1n) is 8.57. The van der Waals surface area contributed by atoms with Gasteiger partial charge in [-0.15, -0.1) is 0 Å². The van der Waals surface area contributed by atoms with Crippen LogP contribution in [0.3, 0.4) is 0 Å². The van der Waals surface area contributed by atoms with E-state index >= 15 is 0 Å². The molecule has 0 aromatic heterocycles. The van der Waals surface area contributed by atoms with Crippen molar-refractivity contribution in [3.63, 3.8) is 0 Å². The molecule has 2 heterocycles. The van der Waals surface area contributed by atoms with Crippen LogP contribution in [0.15, 0.2) is 18.2 Å². The van der Waals surface area contributed by atoms with Gasteiger partial charge in [-0.2, -0.15) is 0 Å². The van der Waals surface area contributed by atoms with Gasteiger partial charge in [0.05, 0.1) is 6.61 Å². The van der Waals surface area contributed by atoms with Crippen LogP contribution >= 0.6 is 0 Å². The van der Waals surface area contributed by atoms with Crippen molar-refractivity contribution in [3.8, 4) is 11.5 Å². The van der Waals surface area contributed by atoms with Gasteiger partial charge < -0.3 is 19.5 Å². The summed E-state index contributed by atoms with van der Waals surface area (Å²) < 4.78 is 16.0. The number of ether oxygens (including phenoxy) is 3. The quantitative estimate of drug-likeness (QED) is 0.865. The van der Waals surface area contributed by atoms with E-state index < -0.39 is 0 Å². The number of rotatable bonds is 4. The number of hydrogen-bond acceptors (Lipinski definition) is 5. The Morgan fingerprint density at radius 2 is 1.91 bits per heavy atom. The van der Waals surface area contributed by atoms with Crippen molar-refractivity contribution in [1.82, 2.24) is 5.32 Å². The van der Waals surface area contributed by atoms with Crippen LogP contribution in [-0.4, -0.2) is 32.0 Å². The van der Waals surface area contributed by atoms with Crippen LogP contribution in [-0.2, 0) is 14.9 Å². The lowest BCUT2D eigenvalue weighted by atomic mass is 9.69. The molecule has 23 heavy (non-hydrogen) atoms. The fraction of sp³-hybridized carbons (Fsp3) is 0.611. The van der Waals surface area contributed by atoms with Gasteiger partial charge in [0.15, 0.2) is 11.5 Å². The average molecular weight is 317 g/mol. The highest BCUT2D eigenvalue weighted by molar-refractivity contribution is 5.77. The maximum absolute atomic E-state index is 11.7. The number of hydrogen-bond donors (Lipinski definition) is 1. The van der Waals surface area contributed by atoms with Gasteiger partial charge in [-0.25, -0.2) is 0 Å². The second-order valence-electron chi connectivity index (χ2n) is 6.80. The van der Waals surface area contributed by atoms with Crippen molar-refractivity contribution in [2.45, 2.75) is 50.0 Å². The Morgan fingerprint density at radius 1 is 1.09 bits per heavy atom. The predicted octanol–water partition coefficient (Wildman–Crippen LogP) is 2.52. The Balaban J connectivity index is 1.57. The molecule has 2 aliphatic heterocycles. The van der Waals surface area contributed by atoms with E-state index in [0.717, 1.165) is 37.3 Å². The Kier molecular flexibility index (Phi) is 3.89. The number of cyclic esters (lactones) is 1. The zero-order chi connectivity index (χ0) is 15.7. The number of nitrogens with one attached hydrogen (secondary N) is 1. The van der Waals surface area contributed by atoms with Crippen molar-refractivity contribution < 1.29 is 19.0 Å². The third kappa shape index (κ3) is 2.78. The van der Waals surface area contributed by atoms with Crippen LogP contribution in [0, 0.1) is 0 Å². The number of benzene rings is 1.